The number of nitrogens with zero attached hydrogens (tertiary/aromatic N) is 1. The average Bonchev–Trinajstić information content (AvgIpc) is 2.76. The number of rotatable bonds is 8. The molecule has 1 unspecified atom stereocenters. The van der Waals surface area contributed by atoms with Crippen LogP contribution in [0, 0.1) is 0 Å². The first kappa shape index (κ1) is 15.7. The van der Waals surface area contributed by atoms with Gasteiger partial charge in [0.05, 0.1) is 13.2 Å². The van der Waals surface area contributed by atoms with Crippen LogP contribution in [0.1, 0.15) is 12.8 Å². The van der Waals surface area contributed by atoms with Crippen molar-refractivity contribution in [3.8, 4) is 0 Å². The molecule has 1 atom stereocenters. The van der Waals surface area contributed by atoms with Crippen LogP contribution in [0.2, 0.25) is 0 Å². The van der Waals surface area contributed by atoms with Crippen LogP contribution in [0.5, 0.6) is 0 Å². The van der Waals surface area contributed by atoms with E-state index in [9.17, 15) is 13.2 Å². The summed E-state index contributed by atoms with van der Waals surface area (Å²) >= 11 is 0. The molecule has 7 heteroatoms. The molecular weight excluding hydrogens is 249 g/mol. The zero-order valence-corrected chi connectivity index (χ0v) is 10.6. The van der Waals surface area contributed by atoms with E-state index in [1.165, 1.54) is 0 Å². The van der Waals surface area contributed by atoms with E-state index in [2.05, 4.69) is 10.1 Å². The van der Waals surface area contributed by atoms with E-state index in [1.54, 1.807) is 7.11 Å². The molecule has 0 spiro atoms. The minimum absolute atomic E-state index is 0.265. The van der Waals surface area contributed by atoms with Crippen molar-refractivity contribution >= 4 is 0 Å². The van der Waals surface area contributed by atoms with Gasteiger partial charge in [-0.2, -0.15) is 0 Å². The van der Waals surface area contributed by atoms with Crippen LogP contribution in [0.15, 0.2) is 0 Å². The van der Waals surface area contributed by atoms with Gasteiger partial charge in [-0.15, -0.1) is 13.2 Å². The number of methoxy groups -OCH3 is 1. The fourth-order valence-electron chi connectivity index (χ4n) is 2.03. The Morgan fingerprint density at radius 3 is 2.56 bits per heavy atom. The highest BCUT2D eigenvalue weighted by Crippen LogP contribution is 2.15. The SMILES string of the molecule is COCCN(CCOC(F)(F)F)CC1CCCN1. The Balaban J connectivity index is 2.25. The van der Waals surface area contributed by atoms with Gasteiger partial charge in [0.1, 0.15) is 0 Å². The molecule has 1 fully saturated rings. The van der Waals surface area contributed by atoms with Crippen LogP contribution in [-0.4, -0.2) is 63.8 Å². The summed E-state index contributed by atoms with van der Waals surface area (Å²) in [6.45, 7) is 2.79. The van der Waals surface area contributed by atoms with Crippen LogP contribution in [0.25, 0.3) is 0 Å². The normalized spacial score (nSPS) is 20.8. The van der Waals surface area contributed by atoms with Gasteiger partial charge in [-0.3, -0.25) is 9.64 Å². The van der Waals surface area contributed by atoms with Crippen LogP contribution in [-0.2, 0) is 9.47 Å². The molecule has 1 aliphatic rings. The summed E-state index contributed by atoms with van der Waals surface area (Å²) in [4.78, 5) is 1.94. The van der Waals surface area contributed by atoms with Gasteiger partial charge in [0.15, 0.2) is 0 Å². The summed E-state index contributed by atoms with van der Waals surface area (Å²) in [5.41, 5.74) is 0. The average molecular weight is 270 g/mol. The minimum atomic E-state index is -4.54. The summed E-state index contributed by atoms with van der Waals surface area (Å²) in [6.07, 6.45) is -2.34. The van der Waals surface area contributed by atoms with E-state index in [-0.39, 0.29) is 13.2 Å². The molecule has 0 bridgehead atoms. The molecule has 1 heterocycles. The van der Waals surface area contributed by atoms with E-state index in [0.29, 0.717) is 19.2 Å². The lowest BCUT2D eigenvalue weighted by molar-refractivity contribution is -0.325. The maximum absolute atomic E-state index is 11.9. The summed E-state index contributed by atoms with van der Waals surface area (Å²) in [6, 6.07) is 0.368. The molecule has 1 N–H and O–H groups in total. The lowest BCUT2D eigenvalue weighted by Crippen LogP contribution is -2.41. The second-order valence-electron chi connectivity index (χ2n) is 4.38. The molecule has 0 aliphatic carbocycles. The predicted molar refractivity (Wildman–Crippen MR) is 61.3 cm³/mol. The van der Waals surface area contributed by atoms with E-state index in [1.807, 2.05) is 4.90 Å². The Kier molecular flexibility index (Phi) is 6.91. The molecule has 108 valence electrons. The zero-order chi connectivity index (χ0) is 13.4. The number of nitrogens with one attached hydrogen (secondary N) is 1. The molecule has 1 aliphatic heterocycles. The number of alkyl halides is 3. The third kappa shape index (κ3) is 7.15. The topological polar surface area (TPSA) is 33.7 Å². The number of hydrogen-bond acceptors (Lipinski definition) is 4. The monoisotopic (exact) mass is 270 g/mol. The second-order valence-corrected chi connectivity index (χ2v) is 4.38. The minimum Gasteiger partial charge on any atom is -0.383 e. The Morgan fingerprint density at radius 1 is 1.28 bits per heavy atom. The molecule has 0 radical (unpaired) electrons. The lowest BCUT2D eigenvalue weighted by atomic mass is 10.2. The quantitative estimate of drug-likeness (QED) is 0.719. The molecule has 1 rings (SSSR count). The molecule has 0 aromatic rings. The second kappa shape index (κ2) is 7.93. The Bertz CT molecular complexity index is 221. The standard InChI is InChI=1S/C11H21F3N2O2/c1-17-7-5-16(6-8-18-11(12,13)14)9-10-3-2-4-15-10/h10,15H,2-9H2,1H3. The summed E-state index contributed by atoms with van der Waals surface area (Å²) in [7, 11) is 1.58. The van der Waals surface area contributed by atoms with E-state index in [4.69, 9.17) is 4.74 Å². The Labute approximate surface area is 105 Å². The van der Waals surface area contributed by atoms with Crippen molar-refractivity contribution in [1.29, 1.82) is 0 Å². The third-order valence-corrected chi connectivity index (χ3v) is 2.93. The van der Waals surface area contributed by atoms with Crippen molar-refractivity contribution in [1.82, 2.24) is 10.2 Å². The van der Waals surface area contributed by atoms with Crippen LogP contribution in [0.3, 0.4) is 0 Å². The molecule has 0 aromatic heterocycles. The predicted octanol–water partition coefficient (Wildman–Crippen LogP) is 1.22. The fourth-order valence-corrected chi connectivity index (χ4v) is 2.03. The summed E-state index contributed by atoms with van der Waals surface area (Å²) in [5.74, 6) is 0. The lowest BCUT2D eigenvalue weighted by Gasteiger charge is -2.25. The maximum atomic E-state index is 11.9. The van der Waals surface area contributed by atoms with Crippen molar-refractivity contribution < 1.29 is 22.6 Å². The van der Waals surface area contributed by atoms with Gasteiger partial charge in [-0.25, -0.2) is 0 Å². The third-order valence-electron chi connectivity index (χ3n) is 2.93. The first-order valence-electron chi connectivity index (χ1n) is 6.16. The molecule has 0 aromatic carbocycles. The first-order valence-corrected chi connectivity index (χ1v) is 6.16. The largest absolute Gasteiger partial charge is 0.522 e. The summed E-state index contributed by atoms with van der Waals surface area (Å²) in [5, 5.41) is 3.32. The highest BCUT2D eigenvalue weighted by atomic mass is 19.4. The Hall–Kier alpha value is -0.370. The van der Waals surface area contributed by atoms with Crippen molar-refractivity contribution in [2.75, 3.05) is 46.5 Å². The van der Waals surface area contributed by atoms with Gasteiger partial charge >= 0.3 is 6.36 Å². The first-order chi connectivity index (χ1) is 8.51. The van der Waals surface area contributed by atoms with E-state index >= 15 is 0 Å². The van der Waals surface area contributed by atoms with Gasteiger partial charge < -0.3 is 10.1 Å². The van der Waals surface area contributed by atoms with Gasteiger partial charge in [0, 0.05) is 32.8 Å². The number of halogens is 3. The maximum Gasteiger partial charge on any atom is 0.522 e. The molecule has 1 saturated heterocycles. The van der Waals surface area contributed by atoms with Gasteiger partial charge in [0.25, 0.3) is 0 Å². The smallest absolute Gasteiger partial charge is 0.383 e. The van der Waals surface area contributed by atoms with Crippen molar-refractivity contribution in [3.05, 3.63) is 0 Å². The van der Waals surface area contributed by atoms with Gasteiger partial charge in [-0.05, 0) is 19.4 Å². The van der Waals surface area contributed by atoms with E-state index < -0.39 is 6.36 Å². The molecule has 0 saturated carbocycles. The highest BCUT2D eigenvalue weighted by molar-refractivity contribution is 4.77. The van der Waals surface area contributed by atoms with Gasteiger partial charge in [0.2, 0.25) is 0 Å². The van der Waals surface area contributed by atoms with E-state index in [0.717, 1.165) is 25.9 Å². The van der Waals surface area contributed by atoms with Crippen molar-refractivity contribution in [2.45, 2.75) is 25.2 Å². The zero-order valence-electron chi connectivity index (χ0n) is 10.6. The summed E-state index contributed by atoms with van der Waals surface area (Å²) < 4.78 is 44.4. The number of ether oxygens (including phenoxy) is 2. The van der Waals surface area contributed by atoms with Crippen LogP contribution in [0.4, 0.5) is 13.2 Å². The number of hydrogen-bond donors (Lipinski definition) is 1. The van der Waals surface area contributed by atoms with Crippen molar-refractivity contribution in [2.24, 2.45) is 0 Å². The molecular formula is C11H21F3N2O2. The van der Waals surface area contributed by atoms with Crippen LogP contribution < -0.4 is 5.32 Å². The highest BCUT2D eigenvalue weighted by Gasteiger charge is 2.29. The molecule has 0 amide bonds. The van der Waals surface area contributed by atoms with Gasteiger partial charge in [-0.1, -0.05) is 0 Å². The fraction of sp³-hybridized carbons (Fsp3) is 1.00. The van der Waals surface area contributed by atoms with Crippen LogP contribution >= 0.6 is 0 Å². The van der Waals surface area contributed by atoms with Crippen molar-refractivity contribution in [3.63, 3.8) is 0 Å². The molecule has 18 heavy (non-hydrogen) atoms. The molecule has 4 nitrogen and oxygen atoms in total. The Morgan fingerprint density at radius 2 is 2.00 bits per heavy atom.